The number of fused-ring (bicyclic) bond motifs is 2. The number of hydrogen-bond donors (Lipinski definition) is 1. The molecule has 2 aromatic rings. The zero-order chi connectivity index (χ0) is 14.1. The number of benzene rings is 2. The molecule has 2 nitrogen and oxygen atoms in total. The average Bonchev–Trinajstić information content (AvgIpc) is 2.55. The van der Waals surface area contributed by atoms with E-state index in [-0.39, 0.29) is 0 Å². The third-order valence-electron chi connectivity index (χ3n) is 4.62. The van der Waals surface area contributed by atoms with Crippen LogP contribution in [0.15, 0.2) is 42.5 Å². The van der Waals surface area contributed by atoms with Crippen molar-refractivity contribution < 1.29 is 4.74 Å². The van der Waals surface area contributed by atoms with Crippen molar-refractivity contribution in [3.63, 3.8) is 0 Å². The van der Waals surface area contributed by atoms with Crippen LogP contribution in [0.3, 0.4) is 0 Å². The van der Waals surface area contributed by atoms with Gasteiger partial charge in [0.1, 0.15) is 5.75 Å². The highest BCUT2D eigenvalue weighted by molar-refractivity contribution is 5.54. The van der Waals surface area contributed by atoms with Gasteiger partial charge in [-0.25, -0.2) is 0 Å². The number of nitrogens with one attached hydrogen (secondary N) is 1. The summed E-state index contributed by atoms with van der Waals surface area (Å²) in [7, 11) is 0. The summed E-state index contributed by atoms with van der Waals surface area (Å²) in [5.74, 6) is 1.16. The van der Waals surface area contributed by atoms with E-state index in [1.165, 1.54) is 35.2 Å². The van der Waals surface area contributed by atoms with Crippen LogP contribution in [0.5, 0.6) is 5.75 Å². The van der Waals surface area contributed by atoms with E-state index in [1.807, 2.05) is 0 Å². The van der Waals surface area contributed by atoms with Gasteiger partial charge in [0.05, 0.1) is 6.61 Å². The lowest BCUT2D eigenvalue weighted by Crippen LogP contribution is -2.28. The van der Waals surface area contributed by atoms with Crippen molar-refractivity contribution >= 4 is 5.69 Å². The molecule has 2 heteroatoms. The standard InChI is InChI=1S/C19H21NO/c1-2-9-18-14(5-1)10-11-17(20-18)13-16-7-3-6-15-8-4-12-21-19(15)16/h1-3,5-7,9,17,20H,4,8,10-13H2. The van der Waals surface area contributed by atoms with Gasteiger partial charge < -0.3 is 10.1 Å². The molecule has 0 saturated carbocycles. The molecule has 0 aromatic heterocycles. The average molecular weight is 279 g/mol. The number of aryl methyl sites for hydroxylation is 2. The van der Waals surface area contributed by atoms with Gasteiger partial charge in [-0.15, -0.1) is 0 Å². The molecule has 0 amide bonds. The zero-order valence-corrected chi connectivity index (χ0v) is 12.3. The van der Waals surface area contributed by atoms with Gasteiger partial charge in [-0.05, 0) is 54.9 Å². The first-order chi connectivity index (χ1) is 10.4. The summed E-state index contributed by atoms with van der Waals surface area (Å²) in [5, 5.41) is 3.70. The maximum Gasteiger partial charge on any atom is 0.125 e. The van der Waals surface area contributed by atoms with E-state index in [1.54, 1.807) is 0 Å². The summed E-state index contributed by atoms with van der Waals surface area (Å²) < 4.78 is 5.94. The zero-order valence-electron chi connectivity index (χ0n) is 12.3. The second-order valence-electron chi connectivity index (χ2n) is 6.10. The minimum atomic E-state index is 0.511. The number of anilines is 1. The Morgan fingerprint density at radius 1 is 1.00 bits per heavy atom. The van der Waals surface area contributed by atoms with E-state index >= 15 is 0 Å². The second-order valence-corrected chi connectivity index (χ2v) is 6.10. The molecule has 0 fully saturated rings. The molecule has 21 heavy (non-hydrogen) atoms. The van der Waals surface area contributed by atoms with Crippen LogP contribution in [0, 0.1) is 0 Å². The molecule has 0 saturated heterocycles. The number of hydrogen-bond acceptors (Lipinski definition) is 2. The SMILES string of the molecule is c1ccc2c(c1)CCC(Cc1cccc3c1OCCC3)N2. The predicted molar refractivity (Wildman–Crippen MR) is 86.1 cm³/mol. The molecule has 2 aliphatic rings. The highest BCUT2D eigenvalue weighted by Gasteiger charge is 2.21. The Kier molecular flexibility index (Phi) is 3.30. The van der Waals surface area contributed by atoms with Gasteiger partial charge in [0.15, 0.2) is 0 Å². The van der Waals surface area contributed by atoms with Crippen molar-refractivity contribution in [1.29, 1.82) is 0 Å². The van der Waals surface area contributed by atoms with Crippen molar-refractivity contribution in [3.8, 4) is 5.75 Å². The predicted octanol–water partition coefficient (Wildman–Crippen LogP) is 3.98. The van der Waals surface area contributed by atoms with Crippen molar-refractivity contribution in [2.24, 2.45) is 0 Å². The molecule has 1 N–H and O–H groups in total. The molecule has 2 aromatic carbocycles. The maximum absolute atomic E-state index is 5.94. The van der Waals surface area contributed by atoms with Crippen molar-refractivity contribution in [3.05, 3.63) is 59.2 Å². The topological polar surface area (TPSA) is 21.3 Å². The first kappa shape index (κ1) is 12.8. The second kappa shape index (κ2) is 5.44. The lowest BCUT2D eigenvalue weighted by atomic mass is 9.92. The fourth-order valence-corrected chi connectivity index (χ4v) is 3.54. The summed E-state index contributed by atoms with van der Waals surface area (Å²) in [6.07, 6.45) is 5.72. The van der Waals surface area contributed by atoms with Gasteiger partial charge in [-0.3, -0.25) is 0 Å². The van der Waals surface area contributed by atoms with Crippen LogP contribution in [-0.2, 0) is 19.3 Å². The van der Waals surface area contributed by atoms with Crippen LogP contribution in [0.2, 0.25) is 0 Å². The quantitative estimate of drug-likeness (QED) is 0.897. The summed E-state index contributed by atoms with van der Waals surface area (Å²) in [6.45, 7) is 0.866. The Hall–Kier alpha value is -1.96. The normalized spacial score (nSPS) is 19.9. The van der Waals surface area contributed by atoms with Gasteiger partial charge in [-0.1, -0.05) is 36.4 Å². The molecular weight excluding hydrogens is 258 g/mol. The van der Waals surface area contributed by atoms with Crippen LogP contribution in [0.25, 0.3) is 0 Å². The monoisotopic (exact) mass is 279 g/mol. The van der Waals surface area contributed by atoms with E-state index in [9.17, 15) is 0 Å². The molecule has 108 valence electrons. The van der Waals surface area contributed by atoms with Gasteiger partial charge >= 0.3 is 0 Å². The lowest BCUT2D eigenvalue weighted by molar-refractivity contribution is 0.284. The molecule has 0 spiro atoms. The summed E-state index contributed by atoms with van der Waals surface area (Å²) in [6, 6.07) is 15.8. The maximum atomic E-state index is 5.94. The smallest absolute Gasteiger partial charge is 0.125 e. The van der Waals surface area contributed by atoms with Gasteiger partial charge in [0.25, 0.3) is 0 Å². The Balaban J connectivity index is 1.55. The van der Waals surface area contributed by atoms with Crippen LogP contribution in [0.4, 0.5) is 5.69 Å². The minimum Gasteiger partial charge on any atom is -0.493 e. The molecule has 1 unspecified atom stereocenters. The fourth-order valence-electron chi connectivity index (χ4n) is 3.54. The van der Waals surface area contributed by atoms with Gasteiger partial charge in [-0.2, -0.15) is 0 Å². The first-order valence-electron chi connectivity index (χ1n) is 7.98. The number of para-hydroxylation sites is 2. The van der Waals surface area contributed by atoms with E-state index < -0.39 is 0 Å². The highest BCUT2D eigenvalue weighted by atomic mass is 16.5. The Morgan fingerprint density at radius 3 is 2.90 bits per heavy atom. The van der Waals surface area contributed by atoms with E-state index in [2.05, 4.69) is 47.8 Å². The highest BCUT2D eigenvalue weighted by Crippen LogP contribution is 2.32. The number of ether oxygens (including phenoxy) is 1. The van der Waals surface area contributed by atoms with Crippen LogP contribution in [0.1, 0.15) is 29.5 Å². The molecule has 0 aliphatic carbocycles. The number of rotatable bonds is 2. The molecule has 4 rings (SSSR count). The van der Waals surface area contributed by atoms with Gasteiger partial charge in [0.2, 0.25) is 0 Å². The fraction of sp³-hybridized carbons (Fsp3) is 0.368. The van der Waals surface area contributed by atoms with E-state index in [0.717, 1.165) is 31.6 Å². The molecule has 1 atom stereocenters. The van der Waals surface area contributed by atoms with Crippen LogP contribution >= 0.6 is 0 Å². The molecule has 2 heterocycles. The van der Waals surface area contributed by atoms with Gasteiger partial charge in [0, 0.05) is 11.7 Å². The summed E-state index contributed by atoms with van der Waals surface area (Å²) in [5.41, 5.74) is 5.50. The van der Waals surface area contributed by atoms with Crippen molar-refractivity contribution in [2.75, 3.05) is 11.9 Å². The van der Waals surface area contributed by atoms with Crippen LogP contribution in [-0.4, -0.2) is 12.6 Å². The van der Waals surface area contributed by atoms with Crippen molar-refractivity contribution in [1.82, 2.24) is 0 Å². The molecular formula is C19H21NO. The molecule has 0 bridgehead atoms. The molecule has 2 aliphatic heterocycles. The minimum absolute atomic E-state index is 0.511. The first-order valence-corrected chi connectivity index (χ1v) is 7.98. The third-order valence-corrected chi connectivity index (χ3v) is 4.62. The van der Waals surface area contributed by atoms with Crippen molar-refractivity contribution in [2.45, 2.75) is 38.1 Å². The van der Waals surface area contributed by atoms with E-state index in [4.69, 9.17) is 4.74 Å². The summed E-state index contributed by atoms with van der Waals surface area (Å²) >= 11 is 0. The van der Waals surface area contributed by atoms with E-state index in [0.29, 0.717) is 6.04 Å². The van der Waals surface area contributed by atoms with Crippen LogP contribution < -0.4 is 10.1 Å². The Labute approximate surface area is 126 Å². The Bertz CT molecular complexity index is 650. The third kappa shape index (κ3) is 2.51. The summed E-state index contributed by atoms with van der Waals surface area (Å²) in [4.78, 5) is 0. The largest absolute Gasteiger partial charge is 0.493 e. The molecule has 0 radical (unpaired) electrons. The Morgan fingerprint density at radius 2 is 1.90 bits per heavy atom. The lowest BCUT2D eigenvalue weighted by Gasteiger charge is -2.28.